The van der Waals surface area contributed by atoms with Gasteiger partial charge in [-0.05, 0) is 19.8 Å². The second kappa shape index (κ2) is 4.84. The fourth-order valence-corrected chi connectivity index (χ4v) is 3.08. The van der Waals surface area contributed by atoms with Crippen molar-refractivity contribution in [1.82, 2.24) is 9.80 Å². The predicted molar refractivity (Wildman–Crippen MR) is 67.0 cm³/mol. The summed E-state index contributed by atoms with van der Waals surface area (Å²) in [4.78, 5) is 15.9. The summed E-state index contributed by atoms with van der Waals surface area (Å²) in [6.07, 6.45) is 3.49. The highest BCUT2D eigenvalue weighted by molar-refractivity contribution is 5.70. The third-order valence-corrected chi connectivity index (χ3v) is 4.43. The van der Waals surface area contributed by atoms with Crippen LogP contribution in [0, 0.1) is 0 Å². The molecule has 17 heavy (non-hydrogen) atoms. The van der Waals surface area contributed by atoms with Gasteiger partial charge in [0.05, 0.1) is 6.04 Å². The molecule has 2 rings (SSSR count). The van der Waals surface area contributed by atoms with E-state index in [2.05, 4.69) is 25.7 Å². The number of amides is 1. The maximum Gasteiger partial charge on any atom is 0.410 e. The predicted octanol–water partition coefficient (Wildman–Crippen LogP) is 2.09. The molecule has 98 valence electrons. The maximum atomic E-state index is 11.4. The molecule has 0 bridgehead atoms. The van der Waals surface area contributed by atoms with Crippen LogP contribution in [0.5, 0.6) is 0 Å². The summed E-state index contributed by atoms with van der Waals surface area (Å²) in [7, 11) is 0. The number of piperazine rings is 1. The Morgan fingerprint density at radius 1 is 1.41 bits per heavy atom. The Kier molecular flexibility index (Phi) is 3.61. The number of ether oxygens (including phenoxy) is 1. The van der Waals surface area contributed by atoms with Gasteiger partial charge in [0.2, 0.25) is 0 Å². The number of cyclic esters (lactones) is 1. The van der Waals surface area contributed by atoms with Gasteiger partial charge in [-0.3, -0.25) is 9.80 Å². The summed E-state index contributed by atoms with van der Waals surface area (Å²) >= 11 is 0. The molecule has 2 aliphatic rings. The van der Waals surface area contributed by atoms with E-state index >= 15 is 0 Å². The Bertz CT molecular complexity index is 295. The van der Waals surface area contributed by atoms with Gasteiger partial charge in [-0.2, -0.15) is 0 Å². The van der Waals surface area contributed by atoms with Crippen molar-refractivity contribution < 1.29 is 9.53 Å². The first kappa shape index (κ1) is 12.7. The molecule has 1 unspecified atom stereocenters. The standard InChI is InChI=1S/C13H24N2O2/c1-4-6-13(3,5-2)14-7-8-15-11(9-14)10-17-12(15)16/h11H,4-10H2,1-3H3/t11-,13?/m0/s1. The third-order valence-electron chi connectivity index (χ3n) is 4.43. The molecule has 0 spiro atoms. The Labute approximate surface area is 104 Å². The van der Waals surface area contributed by atoms with Crippen molar-refractivity contribution in [2.45, 2.75) is 51.6 Å². The van der Waals surface area contributed by atoms with Crippen molar-refractivity contribution >= 4 is 6.09 Å². The average molecular weight is 240 g/mol. The Morgan fingerprint density at radius 3 is 2.82 bits per heavy atom. The lowest BCUT2D eigenvalue weighted by atomic mass is 9.89. The zero-order valence-electron chi connectivity index (χ0n) is 11.2. The fraction of sp³-hybridized carbons (Fsp3) is 0.923. The van der Waals surface area contributed by atoms with Gasteiger partial charge in [0.25, 0.3) is 0 Å². The highest BCUT2D eigenvalue weighted by Gasteiger charge is 2.41. The van der Waals surface area contributed by atoms with Crippen LogP contribution in [0.4, 0.5) is 4.79 Å². The van der Waals surface area contributed by atoms with Gasteiger partial charge in [0.15, 0.2) is 0 Å². The van der Waals surface area contributed by atoms with E-state index in [4.69, 9.17) is 4.74 Å². The first-order valence-electron chi connectivity index (χ1n) is 6.79. The largest absolute Gasteiger partial charge is 0.447 e. The summed E-state index contributed by atoms with van der Waals surface area (Å²) < 4.78 is 5.11. The molecule has 4 nitrogen and oxygen atoms in total. The van der Waals surface area contributed by atoms with Crippen LogP contribution in [0.15, 0.2) is 0 Å². The maximum absolute atomic E-state index is 11.4. The number of carbonyl (C=O) groups excluding carboxylic acids is 1. The smallest absolute Gasteiger partial charge is 0.410 e. The SMILES string of the molecule is CCCC(C)(CC)N1CCN2C(=O)OC[C@@H]2C1. The van der Waals surface area contributed by atoms with Crippen LogP contribution < -0.4 is 0 Å². The van der Waals surface area contributed by atoms with Crippen molar-refractivity contribution in [2.24, 2.45) is 0 Å². The van der Waals surface area contributed by atoms with Crippen LogP contribution in [-0.4, -0.2) is 53.7 Å². The lowest BCUT2D eigenvalue weighted by Crippen LogP contribution is -2.59. The molecule has 0 saturated carbocycles. The van der Waals surface area contributed by atoms with E-state index in [1.54, 1.807) is 0 Å². The minimum absolute atomic E-state index is 0.122. The Morgan fingerprint density at radius 2 is 2.18 bits per heavy atom. The lowest BCUT2D eigenvalue weighted by molar-refractivity contribution is 0.0279. The molecule has 1 amide bonds. The summed E-state index contributed by atoms with van der Waals surface area (Å²) in [5.74, 6) is 0. The van der Waals surface area contributed by atoms with Gasteiger partial charge in [0.1, 0.15) is 6.61 Å². The van der Waals surface area contributed by atoms with E-state index < -0.39 is 0 Å². The van der Waals surface area contributed by atoms with Gasteiger partial charge in [-0.1, -0.05) is 20.3 Å². The van der Waals surface area contributed by atoms with E-state index in [9.17, 15) is 4.79 Å². The number of carbonyl (C=O) groups is 1. The third kappa shape index (κ3) is 2.28. The monoisotopic (exact) mass is 240 g/mol. The molecule has 0 aromatic rings. The molecule has 0 aromatic heterocycles. The molecule has 2 atom stereocenters. The first-order valence-corrected chi connectivity index (χ1v) is 6.79. The minimum atomic E-state index is -0.122. The molecule has 0 aromatic carbocycles. The molecular weight excluding hydrogens is 216 g/mol. The molecule has 2 heterocycles. The van der Waals surface area contributed by atoms with Gasteiger partial charge in [-0.15, -0.1) is 0 Å². The van der Waals surface area contributed by atoms with Crippen LogP contribution in [0.25, 0.3) is 0 Å². The second-order valence-electron chi connectivity index (χ2n) is 5.47. The Hall–Kier alpha value is -0.770. The van der Waals surface area contributed by atoms with Crippen LogP contribution >= 0.6 is 0 Å². The van der Waals surface area contributed by atoms with Gasteiger partial charge in [-0.25, -0.2) is 4.79 Å². The Balaban J connectivity index is 2.02. The van der Waals surface area contributed by atoms with E-state index in [1.807, 2.05) is 4.90 Å². The molecule has 4 heteroatoms. The lowest BCUT2D eigenvalue weighted by Gasteiger charge is -2.46. The fourth-order valence-electron chi connectivity index (χ4n) is 3.08. The first-order chi connectivity index (χ1) is 8.10. The summed E-state index contributed by atoms with van der Waals surface area (Å²) in [5, 5.41) is 0. The number of hydrogen-bond donors (Lipinski definition) is 0. The summed E-state index contributed by atoms with van der Waals surface area (Å²) in [6.45, 7) is 10.2. The highest BCUT2D eigenvalue weighted by Crippen LogP contribution is 2.29. The molecule has 2 fully saturated rings. The second-order valence-corrected chi connectivity index (χ2v) is 5.47. The quantitative estimate of drug-likeness (QED) is 0.754. The topological polar surface area (TPSA) is 32.8 Å². The van der Waals surface area contributed by atoms with Crippen molar-refractivity contribution in [3.63, 3.8) is 0 Å². The number of nitrogens with zero attached hydrogens (tertiary/aromatic N) is 2. The van der Waals surface area contributed by atoms with Crippen molar-refractivity contribution in [1.29, 1.82) is 0 Å². The van der Waals surface area contributed by atoms with Crippen molar-refractivity contribution in [2.75, 3.05) is 26.2 Å². The van der Waals surface area contributed by atoms with E-state index in [-0.39, 0.29) is 17.7 Å². The van der Waals surface area contributed by atoms with Crippen LogP contribution in [0.3, 0.4) is 0 Å². The molecule has 0 radical (unpaired) electrons. The normalized spacial score (nSPS) is 28.8. The highest BCUT2D eigenvalue weighted by atomic mass is 16.6. The summed E-state index contributed by atoms with van der Waals surface area (Å²) in [5.41, 5.74) is 0.284. The van der Waals surface area contributed by atoms with Gasteiger partial charge in [0, 0.05) is 25.2 Å². The van der Waals surface area contributed by atoms with Crippen LogP contribution in [0.1, 0.15) is 40.0 Å². The van der Waals surface area contributed by atoms with Crippen molar-refractivity contribution in [3.8, 4) is 0 Å². The average Bonchev–Trinajstić information content (AvgIpc) is 2.71. The van der Waals surface area contributed by atoms with Gasteiger partial charge < -0.3 is 4.74 Å². The minimum Gasteiger partial charge on any atom is -0.447 e. The molecule has 2 saturated heterocycles. The summed E-state index contributed by atoms with van der Waals surface area (Å²) in [6, 6.07) is 0.277. The van der Waals surface area contributed by atoms with Crippen LogP contribution in [0.2, 0.25) is 0 Å². The zero-order valence-corrected chi connectivity index (χ0v) is 11.2. The number of hydrogen-bond acceptors (Lipinski definition) is 3. The van der Waals surface area contributed by atoms with E-state index in [0.717, 1.165) is 19.6 Å². The van der Waals surface area contributed by atoms with Gasteiger partial charge >= 0.3 is 6.09 Å². The molecule has 0 N–H and O–H groups in total. The van der Waals surface area contributed by atoms with Crippen LogP contribution in [-0.2, 0) is 4.74 Å². The van der Waals surface area contributed by atoms with E-state index in [1.165, 1.54) is 19.3 Å². The molecule has 0 aliphatic carbocycles. The number of fused-ring (bicyclic) bond motifs is 1. The molecule has 2 aliphatic heterocycles. The van der Waals surface area contributed by atoms with E-state index in [0.29, 0.717) is 6.61 Å². The molecular formula is C13H24N2O2. The van der Waals surface area contributed by atoms with Crippen molar-refractivity contribution in [3.05, 3.63) is 0 Å². The zero-order chi connectivity index (χ0) is 12.5. The number of rotatable bonds is 4.